The maximum atomic E-state index is 13.9. The molecule has 3 heteroatoms. The van der Waals surface area contributed by atoms with E-state index in [4.69, 9.17) is 0 Å². The smallest absolute Gasteiger partial charge is 0.125 e. The lowest BCUT2D eigenvalue weighted by Crippen LogP contribution is -2.14. The van der Waals surface area contributed by atoms with Crippen LogP contribution in [0.15, 0.2) is 41.4 Å². The first-order valence-electron chi connectivity index (χ1n) is 7.59. The number of aliphatic imine (C=N–C) groups is 1. The number of hydrogen-bond acceptors (Lipinski definition) is 1. The minimum absolute atomic E-state index is 0.236. The maximum absolute atomic E-state index is 13.9. The third kappa shape index (κ3) is 3.94. The molecule has 0 unspecified atom stereocenters. The zero-order valence-electron chi connectivity index (χ0n) is 13.7. The summed E-state index contributed by atoms with van der Waals surface area (Å²) in [5.74, 6) is -0.236. The van der Waals surface area contributed by atoms with E-state index in [0.29, 0.717) is 5.69 Å². The van der Waals surface area contributed by atoms with Crippen LogP contribution >= 0.6 is 0 Å². The SMILES string of the molecule is CCN(C)C=Nc1cc(F)cc(Cc2ccccc2C)c1C. The zero-order chi connectivity index (χ0) is 16.1. The molecule has 22 heavy (non-hydrogen) atoms. The minimum Gasteiger partial charge on any atom is -0.366 e. The first-order valence-corrected chi connectivity index (χ1v) is 7.59. The van der Waals surface area contributed by atoms with Gasteiger partial charge in [0.2, 0.25) is 0 Å². The van der Waals surface area contributed by atoms with E-state index in [1.54, 1.807) is 12.4 Å². The fourth-order valence-corrected chi connectivity index (χ4v) is 2.29. The third-order valence-corrected chi connectivity index (χ3v) is 3.99. The molecular formula is C19H23FN2. The molecule has 0 amide bonds. The van der Waals surface area contributed by atoms with Crippen molar-refractivity contribution in [3.8, 4) is 0 Å². The minimum atomic E-state index is -0.236. The zero-order valence-corrected chi connectivity index (χ0v) is 13.7. The molecule has 0 saturated heterocycles. The highest BCUT2D eigenvalue weighted by molar-refractivity contribution is 5.64. The lowest BCUT2D eigenvalue weighted by atomic mass is 9.96. The standard InChI is InChI=1S/C19H23FN2/c1-5-22(4)13-21-19-12-18(20)11-17(15(19)3)10-16-9-7-6-8-14(16)2/h6-9,11-13H,5,10H2,1-4H3. The van der Waals surface area contributed by atoms with Crippen molar-refractivity contribution in [1.82, 2.24) is 4.90 Å². The van der Waals surface area contributed by atoms with Crippen LogP contribution in [-0.4, -0.2) is 24.8 Å². The van der Waals surface area contributed by atoms with Crippen LogP contribution in [-0.2, 0) is 6.42 Å². The fourth-order valence-electron chi connectivity index (χ4n) is 2.29. The van der Waals surface area contributed by atoms with Gasteiger partial charge in [0, 0.05) is 13.6 Å². The first kappa shape index (κ1) is 16.2. The molecule has 0 aliphatic rings. The van der Waals surface area contributed by atoms with Crippen molar-refractivity contribution in [1.29, 1.82) is 0 Å². The molecule has 0 fully saturated rings. The van der Waals surface area contributed by atoms with Crippen molar-refractivity contribution < 1.29 is 4.39 Å². The number of nitrogens with zero attached hydrogens (tertiary/aromatic N) is 2. The van der Waals surface area contributed by atoms with E-state index in [9.17, 15) is 4.39 Å². The Kier molecular flexibility index (Phi) is 5.31. The summed E-state index contributed by atoms with van der Waals surface area (Å²) in [6, 6.07) is 11.3. The van der Waals surface area contributed by atoms with Crippen molar-refractivity contribution in [2.45, 2.75) is 27.2 Å². The van der Waals surface area contributed by atoms with Gasteiger partial charge in [-0.1, -0.05) is 24.3 Å². The summed E-state index contributed by atoms with van der Waals surface area (Å²) in [5, 5.41) is 0. The van der Waals surface area contributed by atoms with E-state index >= 15 is 0 Å². The van der Waals surface area contributed by atoms with Crippen LogP contribution in [0.3, 0.4) is 0 Å². The highest BCUT2D eigenvalue weighted by Gasteiger charge is 2.09. The van der Waals surface area contributed by atoms with Gasteiger partial charge in [-0.2, -0.15) is 0 Å². The van der Waals surface area contributed by atoms with Gasteiger partial charge >= 0.3 is 0 Å². The molecule has 2 rings (SSSR count). The van der Waals surface area contributed by atoms with E-state index in [1.807, 2.05) is 37.9 Å². The molecule has 116 valence electrons. The number of benzene rings is 2. The van der Waals surface area contributed by atoms with Gasteiger partial charge in [-0.3, -0.25) is 0 Å². The Hall–Kier alpha value is -2.16. The van der Waals surface area contributed by atoms with Crippen LogP contribution < -0.4 is 0 Å². The number of aryl methyl sites for hydroxylation is 1. The van der Waals surface area contributed by atoms with Crippen LogP contribution in [0.2, 0.25) is 0 Å². The van der Waals surface area contributed by atoms with Crippen LogP contribution in [0.1, 0.15) is 29.2 Å². The van der Waals surface area contributed by atoms with Gasteiger partial charge in [0.1, 0.15) is 5.82 Å². The molecule has 0 saturated carbocycles. The van der Waals surface area contributed by atoms with E-state index in [1.165, 1.54) is 17.2 Å². The molecule has 2 nitrogen and oxygen atoms in total. The Morgan fingerprint density at radius 2 is 1.86 bits per heavy atom. The van der Waals surface area contributed by atoms with E-state index < -0.39 is 0 Å². The summed E-state index contributed by atoms with van der Waals surface area (Å²) in [5.41, 5.74) is 5.16. The van der Waals surface area contributed by atoms with Gasteiger partial charge in [0.05, 0.1) is 12.0 Å². The van der Waals surface area contributed by atoms with Crippen molar-refractivity contribution in [2.75, 3.05) is 13.6 Å². The molecule has 0 aliphatic carbocycles. The molecule has 2 aromatic carbocycles. The molecule has 0 aliphatic heterocycles. The van der Waals surface area contributed by atoms with Gasteiger partial charge in [-0.15, -0.1) is 0 Å². The number of rotatable bonds is 5. The molecule has 0 spiro atoms. The second kappa shape index (κ2) is 7.21. The largest absolute Gasteiger partial charge is 0.366 e. The maximum Gasteiger partial charge on any atom is 0.125 e. The van der Waals surface area contributed by atoms with Gasteiger partial charge in [0.15, 0.2) is 0 Å². The van der Waals surface area contributed by atoms with E-state index in [-0.39, 0.29) is 5.82 Å². The summed E-state index contributed by atoms with van der Waals surface area (Å²) < 4.78 is 13.9. The summed E-state index contributed by atoms with van der Waals surface area (Å²) in [4.78, 5) is 6.39. The van der Waals surface area contributed by atoms with Crippen molar-refractivity contribution >= 4 is 12.0 Å². The third-order valence-electron chi connectivity index (χ3n) is 3.99. The average molecular weight is 298 g/mol. The Bertz CT molecular complexity index is 677. The van der Waals surface area contributed by atoms with Crippen LogP contribution in [0.25, 0.3) is 0 Å². The molecule has 2 aromatic rings. The van der Waals surface area contributed by atoms with E-state index in [0.717, 1.165) is 24.1 Å². The highest BCUT2D eigenvalue weighted by atomic mass is 19.1. The van der Waals surface area contributed by atoms with Crippen LogP contribution in [0, 0.1) is 19.7 Å². The molecule has 0 aromatic heterocycles. The predicted molar refractivity (Wildman–Crippen MR) is 91.6 cm³/mol. The molecular weight excluding hydrogens is 275 g/mol. The summed E-state index contributed by atoms with van der Waals surface area (Å²) >= 11 is 0. The van der Waals surface area contributed by atoms with Crippen LogP contribution in [0.4, 0.5) is 10.1 Å². The predicted octanol–water partition coefficient (Wildman–Crippen LogP) is 4.64. The molecule has 0 heterocycles. The normalized spacial score (nSPS) is 11.1. The van der Waals surface area contributed by atoms with Gasteiger partial charge in [0.25, 0.3) is 0 Å². The monoisotopic (exact) mass is 298 g/mol. The average Bonchev–Trinajstić information content (AvgIpc) is 2.50. The molecule has 0 bridgehead atoms. The van der Waals surface area contributed by atoms with Crippen molar-refractivity contribution in [3.63, 3.8) is 0 Å². The van der Waals surface area contributed by atoms with Gasteiger partial charge in [-0.25, -0.2) is 9.38 Å². The second-order valence-electron chi connectivity index (χ2n) is 5.63. The number of halogens is 1. The first-order chi connectivity index (χ1) is 10.5. The Labute approximate surface area is 132 Å². The summed E-state index contributed by atoms with van der Waals surface area (Å²) in [6.07, 6.45) is 2.47. The molecule has 0 radical (unpaired) electrons. The fraction of sp³-hybridized carbons (Fsp3) is 0.316. The topological polar surface area (TPSA) is 15.6 Å². The second-order valence-corrected chi connectivity index (χ2v) is 5.63. The van der Waals surface area contributed by atoms with Crippen molar-refractivity contribution in [3.05, 3.63) is 64.5 Å². The Morgan fingerprint density at radius 1 is 1.14 bits per heavy atom. The lowest BCUT2D eigenvalue weighted by Gasteiger charge is -2.12. The number of hydrogen-bond donors (Lipinski definition) is 0. The highest BCUT2D eigenvalue weighted by Crippen LogP contribution is 2.26. The van der Waals surface area contributed by atoms with E-state index in [2.05, 4.69) is 24.0 Å². The Morgan fingerprint density at radius 3 is 2.55 bits per heavy atom. The molecule has 0 atom stereocenters. The van der Waals surface area contributed by atoms with Gasteiger partial charge < -0.3 is 4.90 Å². The van der Waals surface area contributed by atoms with Crippen molar-refractivity contribution in [2.24, 2.45) is 4.99 Å². The summed E-state index contributed by atoms with van der Waals surface area (Å²) in [6.45, 7) is 7.01. The van der Waals surface area contributed by atoms with Crippen LogP contribution in [0.5, 0.6) is 0 Å². The Balaban J connectivity index is 2.35. The van der Waals surface area contributed by atoms with Gasteiger partial charge in [-0.05, 0) is 61.6 Å². The quantitative estimate of drug-likeness (QED) is 0.580. The summed E-state index contributed by atoms with van der Waals surface area (Å²) in [7, 11) is 1.95. The lowest BCUT2D eigenvalue weighted by molar-refractivity contribution is 0.552. The molecule has 0 N–H and O–H groups in total.